The van der Waals surface area contributed by atoms with Crippen LogP contribution in [0.4, 0.5) is 0 Å². The van der Waals surface area contributed by atoms with Gasteiger partial charge in [-0.15, -0.1) is 0 Å². The van der Waals surface area contributed by atoms with E-state index in [2.05, 4.69) is 4.98 Å². The molecular formula is C10H14ClNO2. The molecule has 0 radical (unpaired) electrons. The van der Waals surface area contributed by atoms with Crippen molar-refractivity contribution in [1.82, 2.24) is 4.98 Å². The summed E-state index contributed by atoms with van der Waals surface area (Å²) in [6.07, 6.45) is 2.51. The van der Waals surface area contributed by atoms with Crippen LogP contribution in [-0.4, -0.2) is 25.3 Å². The van der Waals surface area contributed by atoms with Crippen LogP contribution in [0.3, 0.4) is 0 Å². The maximum atomic E-state index is 5.95. The van der Waals surface area contributed by atoms with Crippen LogP contribution in [0.15, 0.2) is 12.3 Å². The fraction of sp³-hybridized carbons (Fsp3) is 0.500. The second-order valence-corrected chi connectivity index (χ2v) is 3.31. The topological polar surface area (TPSA) is 31.4 Å². The van der Waals surface area contributed by atoms with Crippen LogP contribution >= 0.6 is 11.6 Å². The zero-order valence-electron chi connectivity index (χ0n) is 8.42. The molecule has 0 aromatic carbocycles. The third-order valence-corrected chi connectivity index (χ3v) is 2.07. The molecule has 0 saturated heterocycles. The van der Waals surface area contributed by atoms with Crippen molar-refractivity contribution in [2.75, 3.05) is 20.3 Å². The lowest BCUT2D eigenvalue weighted by Gasteiger charge is -2.09. The molecule has 0 bridgehead atoms. The maximum Gasteiger partial charge on any atom is 0.159 e. The summed E-state index contributed by atoms with van der Waals surface area (Å²) >= 11 is 5.95. The number of methoxy groups -OCH3 is 1. The van der Waals surface area contributed by atoms with E-state index in [0.717, 1.165) is 12.1 Å². The van der Waals surface area contributed by atoms with Crippen LogP contribution < -0.4 is 4.74 Å². The van der Waals surface area contributed by atoms with Crippen molar-refractivity contribution in [3.63, 3.8) is 0 Å². The van der Waals surface area contributed by atoms with Crippen molar-refractivity contribution in [1.29, 1.82) is 0 Å². The predicted molar refractivity (Wildman–Crippen MR) is 56.0 cm³/mol. The van der Waals surface area contributed by atoms with Crippen molar-refractivity contribution >= 4 is 11.6 Å². The molecule has 0 aliphatic rings. The van der Waals surface area contributed by atoms with Crippen LogP contribution in [0.1, 0.15) is 12.1 Å². The second-order valence-electron chi connectivity index (χ2n) is 2.90. The Bertz CT molecular complexity index is 271. The molecule has 0 aliphatic heterocycles. The number of aromatic nitrogens is 1. The van der Waals surface area contributed by atoms with E-state index < -0.39 is 0 Å². The summed E-state index contributed by atoms with van der Waals surface area (Å²) in [6.45, 7) is 3.16. The Morgan fingerprint density at radius 2 is 2.21 bits per heavy atom. The molecule has 14 heavy (non-hydrogen) atoms. The lowest BCUT2D eigenvalue weighted by molar-refractivity contribution is 0.172. The van der Waals surface area contributed by atoms with Gasteiger partial charge in [-0.2, -0.15) is 0 Å². The number of aryl methyl sites for hydroxylation is 1. The van der Waals surface area contributed by atoms with Gasteiger partial charge in [0.25, 0.3) is 0 Å². The maximum absolute atomic E-state index is 5.95. The van der Waals surface area contributed by atoms with Gasteiger partial charge in [0.05, 0.1) is 17.3 Å². The van der Waals surface area contributed by atoms with Crippen molar-refractivity contribution in [3.8, 4) is 5.75 Å². The summed E-state index contributed by atoms with van der Waals surface area (Å²) in [4.78, 5) is 4.10. The molecule has 0 atom stereocenters. The first-order valence-corrected chi connectivity index (χ1v) is 4.86. The quantitative estimate of drug-likeness (QED) is 0.708. The summed E-state index contributed by atoms with van der Waals surface area (Å²) in [7, 11) is 1.67. The van der Waals surface area contributed by atoms with Crippen molar-refractivity contribution in [2.24, 2.45) is 0 Å². The number of hydrogen-bond donors (Lipinski definition) is 0. The molecule has 1 aromatic rings. The second kappa shape index (κ2) is 5.83. The highest BCUT2D eigenvalue weighted by atomic mass is 35.5. The van der Waals surface area contributed by atoms with Gasteiger partial charge in [-0.3, -0.25) is 4.98 Å². The number of hydrogen-bond acceptors (Lipinski definition) is 3. The molecule has 0 aliphatic carbocycles. The van der Waals surface area contributed by atoms with Crippen molar-refractivity contribution in [3.05, 3.63) is 23.0 Å². The van der Waals surface area contributed by atoms with E-state index in [-0.39, 0.29) is 0 Å². The molecule has 0 N–H and O–H groups in total. The van der Waals surface area contributed by atoms with Crippen LogP contribution in [-0.2, 0) is 4.74 Å². The molecule has 78 valence electrons. The van der Waals surface area contributed by atoms with Gasteiger partial charge in [-0.25, -0.2) is 0 Å². The van der Waals surface area contributed by atoms with Crippen LogP contribution in [0.5, 0.6) is 5.75 Å². The van der Waals surface area contributed by atoms with Gasteiger partial charge in [0.2, 0.25) is 0 Å². The van der Waals surface area contributed by atoms with Crippen molar-refractivity contribution < 1.29 is 9.47 Å². The van der Waals surface area contributed by atoms with Crippen molar-refractivity contribution in [2.45, 2.75) is 13.3 Å². The summed E-state index contributed by atoms with van der Waals surface area (Å²) in [5, 5.41) is 0.606. The average Bonchev–Trinajstić information content (AvgIpc) is 2.16. The summed E-state index contributed by atoms with van der Waals surface area (Å²) < 4.78 is 10.4. The van der Waals surface area contributed by atoms with Gasteiger partial charge < -0.3 is 9.47 Å². The SMILES string of the molecule is COCCCOc1c(Cl)ccnc1C. The Balaban J connectivity index is 2.49. The Morgan fingerprint density at radius 1 is 1.43 bits per heavy atom. The highest BCUT2D eigenvalue weighted by molar-refractivity contribution is 6.32. The van der Waals surface area contributed by atoms with Crippen LogP contribution in [0, 0.1) is 6.92 Å². The molecule has 3 nitrogen and oxygen atoms in total. The largest absolute Gasteiger partial charge is 0.490 e. The molecule has 0 unspecified atom stereocenters. The number of pyridine rings is 1. The predicted octanol–water partition coefficient (Wildman–Crippen LogP) is 2.46. The van der Waals surface area contributed by atoms with Crippen LogP contribution in [0.2, 0.25) is 5.02 Å². The minimum absolute atomic E-state index is 0.597. The number of ether oxygens (including phenoxy) is 2. The van der Waals surface area contributed by atoms with E-state index in [0.29, 0.717) is 24.0 Å². The Labute approximate surface area is 89.0 Å². The average molecular weight is 216 g/mol. The summed E-state index contributed by atoms with van der Waals surface area (Å²) in [5.74, 6) is 0.672. The Morgan fingerprint density at radius 3 is 2.86 bits per heavy atom. The fourth-order valence-electron chi connectivity index (χ4n) is 1.07. The third kappa shape index (κ3) is 3.16. The van der Waals surface area contributed by atoms with E-state index >= 15 is 0 Å². The van der Waals surface area contributed by atoms with Gasteiger partial charge in [0, 0.05) is 26.3 Å². The first-order valence-electron chi connectivity index (χ1n) is 4.48. The molecule has 0 saturated carbocycles. The van der Waals surface area contributed by atoms with Gasteiger partial charge in [-0.05, 0) is 13.0 Å². The Hall–Kier alpha value is -0.800. The zero-order chi connectivity index (χ0) is 10.4. The number of halogens is 1. The molecule has 1 rings (SSSR count). The molecule has 1 heterocycles. The van der Waals surface area contributed by atoms with E-state index in [4.69, 9.17) is 21.1 Å². The van der Waals surface area contributed by atoms with E-state index in [1.54, 1.807) is 19.4 Å². The molecular weight excluding hydrogens is 202 g/mol. The molecule has 0 fully saturated rings. The first-order chi connectivity index (χ1) is 6.75. The smallest absolute Gasteiger partial charge is 0.159 e. The summed E-state index contributed by atoms with van der Waals surface area (Å²) in [6, 6.07) is 1.72. The minimum Gasteiger partial charge on any atom is -0.490 e. The van der Waals surface area contributed by atoms with Gasteiger partial charge >= 0.3 is 0 Å². The molecule has 0 amide bonds. The number of nitrogens with zero attached hydrogens (tertiary/aromatic N) is 1. The van der Waals surface area contributed by atoms with Gasteiger partial charge in [-0.1, -0.05) is 11.6 Å². The third-order valence-electron chi connectivity index (χ3n) is 1.77. The fourth-order valence-corrected chi connectivity index (χ4v) is 1.32. The van der Waals surface area contributed by atoms with E-state index in [9.17, 15) is 0 Å². The van der Waals surface area contributed by atoms with Gasteiger partial charge in [0.15, 0.2) is 5.75 Å². The van der Waals surface area contributed by atoms with Gasteiger partial charge in [0.1, 0.15) is 0 Å². The minimum atomic E-state index is 0.597. The first kappa shape index (κ1) is 11.3. The number of rotatable bonds is 5. The lowest BCUT2D eigenvalue weighted by Crippen LogP contribution is -2.03. The lowest BCUT2D eigenvalue weighted by atomic mass is 10.3. The molecule has 4 heteroatoms. The Kier molecular flexibility index (Phi) is 4.70. The van der Waals surface area contributed by atoms with E-state index in [1.807, 2.05) is 6.92 Å². The zero-order valence-corrected chi connectivity index (χ0v) is 9.17. The normalized spacial score (nSPS) is 10.2. The van der Waals surface area contributed by atoms with Crippen LogP contribution in [0.25, 0.3) is 0 Å². The summed E-state index contributed by atoms with van der Waals surface area (Å²) in [5.41, 5.74) is 0.815. The monoisotopic (exact) mass is 215 g/mol. The molecule has 1 aromatic heterocycles. The highest BCUT2D eigenvalue weighted by Gasteiger charge is 2.05. The highest BCUT2D eigenvalue weighted by Crippen LogP contribution is 2.26. The molecule has 0 spiro atoms. The standard InChI is InChI=1S/C10H14ClNO2/c1-8-10(9(11)4-5-12-8)14-7-3-6-13-2/h4-5H,3,6-7H2,1-2H3. The van der Waals surface area contributed by atoms with E-state index in [1.165, 1.54) is 0 Å².